The minimum atomic E-state index is 0.752. The average molecular weight is 173 g/mol. The summed E-state index contributed by atoms with van der Waals surface area (Å²) in [6, 6.07) is 0. The van der Waals surface area contributed by atoms with Crippen LogP contribution < -0.4 is 0 Å². The van der Waals surface area contributed by atoms with Crippen LogP contribution in [0, 0.1) is 0 Å². The average Bonchev–Trinajstić information content (AvgIpc) is 2.81. The van der Waals surface area contributed by atoms with E-state index in [0.29, 0.717) is 0 Å². The highest BCUT2D eigenvalue weighted by molar-refractivity contribution is 6.22. The summed E-state index contributed by atoms with van der Waals surface area (Å²) in [5.74, 6) is 0. The summed E-state index contributed by atoms with van der Waals surface area (Å²) < 4.78 is 10.6. The molecule has 0 unspecified atom stereocenters. The lowest BCUT2D eigenvalue weighted by atomic mass is 10.2. The van der Waals surface area contributed by atoms with Gasteiger partial charge >= 0.3 is 0 Å². The van der Waals surface area contributed by atoms with Crippen molar-refractivity contribution in [2.24, 2.45) is 0 Å². The molecule has 62 valence electrons. The molecule has 0 saturated carbocycles. The zero-order chi connectivity index (χ0) is 8.41. The number of hydrogen-bond donors (Lipinski definition) is 1. The minimum absolute atomic E-state index is 0.752. The molecule has 0 radical (unpaired) electrons. The van der Waals surface area contributed by atoms with Crippen LogP contribution in [-0.2, 0) is 0 Å². The van der Waals surface area contributed by atoms with Crippen molar-refractivity contribution in [2.75, 3.05) is 0 Å². The first-order valence-electron chi connectivity index (χ1n) is 3.85. The maximum atomic E-state index is 5.53. The number of nitrogens with one attached hydrogen (secondary N) is 1. The SMILES string of the molecule is c1occ2c1c1oc2c2[nH]nnc21. The third kappa shape index (κ3) is 0.438. The van der Waals surface area contributed by atoms with Gasteiger partial charge in [0.2, 0.25) is 0 Å². The standard InChI is InChI=1S/C8H3N3O2/c1-3-4(2-12-1)8-6-5(7(3)13-8)9-11-10-6/h1-2H,(H,9,10). The second kappa shape index (κ2) is 1.52. The summed E-state index contributed by atoms with van der Waals surface area (Å²) in [5.41, 5.74) is 3.16. The summed E-state index contributed by atoms with van der Waals surface area (Å²) in [7, 11) is 0. The molecule has 0 aliphatic heterocycles. The van der Waals surface area contributed by atoms with E-state index < -0.39 is 0 Å². The lowest BCUT2D eigenvalue weighted by molar-refractivity contribution is 0.570. The molecule has 13 heavy (non-hydrogen) atoms. The Balaban J connectivity index is 2.58. The topological polar surface area (TPSA) is 67.8 Å². The summed E-state index contributed by atoms with van der Waals surface area (Å²) in [5, 5.41) is 12.4. The second-order valence-corrected chi connectivity index (χ2v) is 2.99. The molecule has 0 aliphatic carbocycles. The first-order chi connectivity index (χ1) is 6.45. The number of aromatic amines is 1. The Morgan fingerprint density at radius 3 is 2.92 bits per heavy atom. The number of aromatic nitrogens is 3. The Hall–Kier alpha value is -2.04. The highest BCUT2D eigenvalue weighted by Crippen LogP contribution is 2.38. The first kappa shape index (κ1) is 5.58. The largest absolute Gasteiger partial charge is 0.471 e. The van der Waals surface area contributed by atoms with Crippen LogP contribution in [0.5, 0.6) is 0 Å². The van der Waals surface area contributed by atoms with E-state index in [1.165, 1.54) is 0 Å². The zero-order valence-corrected chi connectivity index (χ0v) is 6.37. The molecular weight excluding hydrogens is 170 g/mol. The third-order valence-electron chi connectivity index (χ3n) is 2.35. The van der Waals surface area contributed by atoms with Crippen molar-refractivity contribution in [3.05, 3.63) is 12.5 Å². The summed E-state index contributed by atoms with van der Waals surface area (Å²) in [6.45, 7) is 0. The number of nitrogens with zero attached hydrogens (tertiary/aromatic N) is 2. The van der Waals surface area contributed by atoms with Gasteiger partial charge in [0.1, 0.15) is 18.0 Å². The van der Waals surface area contributed by atoms with Crippen molar-refractivity contribution in [1.82, 2.24) is 15.4 Å². The molecule has 2 bridgehead atoms. The Bertz CT molecular complexity index is 593. The van der Waals surface area contributed by atoms with E-state index in [9.17, 15) is 0 Å². The Morgan fingerprint density at radius 1 is 1.15 bits per heavy atom. The highest BCUT2D eigenvalue weighted by Gasteiger charge is 2.20. The quantitative estimate of drug-likeness (QED) is 0.440. The molecule has 4 rings (SSSR count). The molecule has 0 amide bonds. The van der Waals surface area contributed by atoms with Gasteiger partial charge in [-0.3, -0.25) is 5.10 Å². The van der Waals surface area contributed by atoms with Crippen LogP contribution in [0.25, 0.3) is 33.0 Å². The van der Waals surface area contributed by atoms with Crippen LogP contribution in [0.1, 0.15) is 0 Å². The van der Waals surface area contributed by atoms with Gasteiger partial charge in [-0.2, -0.15) is 0 Å². The lowest BCUT2D eigenvalue weighted by Crippen LogP contribution is -1.65. The molecule has 0 saturated heterocycles. The van der Waals surface area contributed by atoms with E-state index in [1.807, 2.05) is 0 Å². The van der Waals surface area contributed by atoms with Crippen LogP contribution in [-0.4, -0.2) is 15.4 Å². The van der Waals surface area contributed by atoms with Gasteiger partial charge in [-0.05, 0) is 0 Å². The molecule has 0 aromatic carbocycles. The fourth-order valence-corrected chi connectivity index (χ4v) is 1.77. The van der Waals surface area contributed by atoms with Crippen molar-refractivity contribution in [3.63, 3.8) is 0 Å². The maximum absolute atomic E-state index is 5.53. The molecule has 0 atom stereocenters. The molecule has 0 aliphatic rings. The lowest BCUT2D eigenvalue weighted by Gasteiger charge is -1.78. The van der Waals surface area contributed by atoms with Crippen molar-refractivity contribution < 1.29 is 8.83 Å². The molecule has 4 heterocycles. The fourth-order valence-electron chi connectivity index (χ4n) is 1.77. The minimum Gasteiger partial charge on any atom is -0.471 e. The maximum Gasteiger partial charge on any atom is 0.168 e. The van der Waals surface area contributed by atoms with E-state index in [1.54, 1.807) is 12.5 Å². The number of fused-ring (bicyclic) bond motifs is 8. The van der Waals surface area contributed by atoms with Crippen LogP contribution in [0.4, 0.5) is 0 Å². The Kier molecular flexibility index (Phi) is 0.651. The van der Waals surface area contributed by atoms with Crippen LogP contribution in [0.15, 0.2) is 21.4 Å². The van der Waals surface area contributed by atoms with E-state index >= 15 is 0 Å². The molecule has 0 spiro atoms. The fraction of sp³-hybridized carbons (Fsp3) is 0. The molecule has 1 N–H and O–H groups in total. The predicted molar refractivity (Wildman–Crippen MR) is 44.6 cm³/mol. The van der Waals surface area contributed by atoms with Crippen molar-refractivity contribution >= 4 is 33.0 Å². The summed E-state index contributed by atoms with van der Waals surface area (Å²) in [6.07, 6.45) is 3.33. The predicted octanol–water partition coefficient (Wildman–Crippen LogP) is 1.89. The van der Waals surface area contributed by atoms with Crippen LogP contribution >= 0.6 is 0 Å². The van der Waals surface area contributed by atoms with E-state index in [4.69, 9.17) is 8.83 Å². The Labute approximate surface area is 70.6 Å². The molecular formula is C8H3N3O2. The van der Waals surface area contributed by atoms with Crippen LogP contribution in [0.2, 0.25) is 0 Å². The normalized spacial score (nSPS) is 12.6. The molecule has 0 fully saturated rings. The van der Waals surface area contributed by atoms with Crippen molar-refractivity contribution in [1.29, 1.82) is 0 Å². The number of furan rings is 3. The van der Waals surface area contributed by atoms with Gasteiger partial charge in [-0.25, -0.2) is 0 Å². The molecule has 4 aromatic rings. The van der Waals surface area contributed by atoms with E-state index in [-0.39, 0.29) is 0 Å². The Morgan fingerprint density at radius 2 is 2.00 bits per heavy atom. The summed E-state index contributed by atoms with van der Waals surface area (Å²) >= 11 is 0. The van der Waals surface area contributed by atoms with Gasteiger partial charge in [0.15, 0.2) is 16.7 Å². The van der Waals surface area contributed by atoms with E-state index in [2.05, 4.69) is 15.4 Å². The third-order valence-corrected chi connectivity index (χ3v) is 2.35. The molecule has 5 heteroatoms. The smallest absolute Gasteiger partial charge is 0.168 e. The van der Waals surface area contributed by atoms with Gasteiger partial charge < -0.3 is 8.83 Å². The zero-order valence-electron chi connectivity index (χ0n) is 6.37. The van der Waals surface area contributed by atoms with Crippen LogP contribution in [0.3, 0.4) is 0 Å². The molecule has 4 aromatic heterocycles. The molecule has 5 nitrogen and oxygen atoms in total. The second-order valence-electron chi connectivity index (χ2n) is 2.99. The van der Waals surface area contributed by atoms with Crippen molar-refractivity contribution in [2.45, 2.75) is 0 Å². The van der Waals surface area contributed by atoms with Gasteiger partial charge in [0.05, 0.1) is 10.8 Å². The van der Waals surface area contributed by atoms with Gasteiger partial charge in [-0.1, -0.05) is 5.21 Å². The first-order valence-corrected chi connectivity index (χ1v) is 3.85. The number of hydrogen-bond acceptors (Lipinski definition) is 4. The highest BCUT2D eigenvalue weighted by atomic mass is 16.4. The number of H-pyrrole nitrogens is 1. The number of rotatable bonds is 0. The monoisotopic (exact) mass is 173 g/mol. The number of benzene rings is 1. The summed E-state index contributed by atoms with van der Waals surface area (Å²) in [4.78, 5) is 0. The van der Waals surface area contributed by atoms with E-state index in [0.717, 1.165) is 33.0 Å². The van der Waals surface area contributed by atoms with Crippen molar-refractivity contribution in [3.8, 4) is 0 Å². The van der Waals surface area contributed by atoms with Gasteiger partial charge in [0.25, 0.3) is 0 Å². The van der Waals surface area contributed by atoms with Gasteiger partial charge in [-0.15, -0.1) is 5.10 Å². The van der Waals surface area contributed by atoms with Gasteiger partial charge in [0, 0.05) is 0 Å².